The van der Waals surface area contributed by atoms with Crippen molar-refractivity contribution >= 4 is 27.6 Å². The Labute approximate surface area is 126 Å². The largest absolute Gasteiger partial charge is 0.383 e. The summed E-state index contributed by atoms with van der Waals surface area (Å²) in [5.74, 6) is -2.47. The van der Waals surface area contributed by atoms with Gasteiger partial charge in [-0.3, -0.25) is 9.59 Å². The van der Waals surface area contributed by atoms with E-state index in [4.69, 9.17) is 10.00 Å². The van der Waals surface area contributed by atoms with Gasteiger partial charge in [0, 0.05) is 23.2 Å². The predicted molar refractivity (Wildman–Crippen MR) is 77.1 cm³/mol. The van der Waals surface area contributed by atoms with Crippen molar-refractivity contribution in [3.63, 3.8) is 0 Å². The third-order valence-electron chi connectivity index (χ3n) is 2.59. The van der Waals surface area contributed by atoms with Crippen molar-refractivity contribution in [3.05, 3.63) is 34.3 Å². The van der Waals surface area contributed by atoms with Crippen LogP contribution in [0.15, 0.2) is 28.7 Å². The highest BCUT2D eigenvalue weighted by Crippen LogP contribution is 2.14. The van der Waals surface area contributed by atoms with E-state index in [1.54, 1.807) is 37.3 Å². The van der Waals surface area contributed by atoms with Gasteiger partial charge in [0.05, 0.1) is 12.7 Å². The molecule has 0 saturated carbocycles. The summed E-state index contributed by atoms with van der Waals surface area (Å²) in [6.45, 7) is 2.05. The van der Waals surface area contributed by atoms with E-state index in [1.807, 2.05) is 0 Å². The molecule has 0 bridgehead atoms. The molecule has 1 N–H and O–H groups in total. The van der Waals surface area contributed by atoms with Crippen LogP contribution in [-0.2, 0) is 9.53 Å². The summed E-state index contributed by atoms with van der Waals surface area (Å²) in [5, 5.41) is 11.6. The monoisotopic (exact) mass is 338 g/mol. The number of halogens is 1. The summed E-state index contributed by atoms with van der Waals surface area (Å²) in [6.07, 6.45) is 0. The van der Waals surface area contributed by atoms with E-state index in [0.717, 1.165) is 4.47 Å². The summed E-state index contributed by atoms with van der Waals surface area (Å²) < 4.78 is 5.71. The van der Waals surface area contributed by atoms with Gasteiger partial charge in [-0.25, -0.2) is 0 Å². The van der Waals surface area contributed by atoms with Gasteiger partial charge in [-0.05, 0) is 19.1 Å². The second-order valence-corrected chi connectivity index (χ2v) is 5.21. The van der Waals surface area contributed by atoms with E-state index >= 15 is 0 Å². The first-order chi connectivity index (χ1) is 9.49. The molecule has 20 heavy (non-hydrogen) atoms. The lowest BCUT2D eigenvalue weighted by Gasteiger charge is -2.15. The fourth-order valence-electron chi connectivity index (χ4n) is 1.63. The molecule has 0 spiro atoms. The second-order valence-electron chi connectivity index (χ2n) is 4.30. The minimum Gasteiger partial charge on any atom is -0.383 e. The highest BCUT2D eigenvalue weighted by molar-refractivity contribution is 9.10. The maximum Gasteiger partial charge on any atom is 0.245 e. The highest BCUT2D eigenvalue weighted by Gasteiger charge is 2.28. The number of hydrogen-bond donors (Lipinski definition) is 1. The molecule has 0 fully saturated rings. The van der Waals surface area contributed by atoms with Crippen molar-refractivity contribution in [2.45, 2.75) is 13.0 Å². The molecule has 1 aromatic carbocycles. The molecule has 1 rings (SSSR count). The number of benzene rings is 1. The van der Waals surface area contributed by atoms with Crippen molar-refractivity contribution in [2.75, 3.05) is 13.7 Å². The van der Waals surface area contributed by atoms with E-state index in [0.29, 0.717) is 12.2 Å². The number of amides is 1. The van der Waals surface area contributed by atoms with Crippen molar-refractivity contribution in [2.24, 2.45) is 5.92 Å². The van der Waals surface area contributed by atoms with Crippen LogP contribution >= 0.6 is 15.9 Å². The Kier molecular flexibility index (Phi) is 6.36. The van der Waals surface area contributed by atoms with E-state index in [-0.39, 0.29) is 6.04 Å². The first kappa shape index (κ1) is 16.3. The molecular weight excluding hydrogens is 324 g/mol. The van der Waals surface area contributed by atoms with Gasteiger partial charge in [0.15, 0.2) is 11.7 Å². The quantitative estimate of drug-likeness (QED) is 0.634. The van der Waals surface area contributed by atoms with Crippen LogP contribution in [-0.4, -0.2) is 31.4 Å². The van der Waals surface area contributed by atoms with E-state index in [2.05, 4.69) is 21.2 Å². The first-order valence-corrected chi connectivity index (χ1v) is 6.77. The number of nitrogens with zero attached hydrogens (tertiary/aromatic N) is 1. The highest BCUT2D eigenvalue weighted by atomic mass is 79.9. The van der Waals surface area contributed by atoms with Gasteiger partial charge in [0.2, 0.25) is 5.91 Å². The van der Waals surface area contributed by atoms with Crippen LogP contribution in [0.4, 0.5) is 0 Å². The normalized spacial score (nSPS) is 13.1. The van der Waals surface area contributed by atoms with Crippen LogP contribution in [0.2, 0.25) is 0 Å². The molecule has 0 unspecified atom stereocenters. The van der Waals surface area contributed by atoms with E-state index < -0.39 is 17.6 Å². The van der Waals surface area contributed by atoms with E-state index in [1.165, 1.54) is 7.11 Å². The zero-order valence-electron chi connectivity index (χ0n) is 11.2. The smallest absolute Gasteiger partial charge is 0.245 e. The molecule has 1 amide bonds. The number of rotatable bonds is 6. The van der Waals surface area contributed by atoms with Gasteiger partial charge in [0.25, 0.3) is 0 Å². The maximum absolute atomic E-state index is 12.1. The molecule has 0 aliphatic rings. The minimum atomic E-state index is -1.35. The van der Waals surface area contributed by atoms with Crippen molar-refractivity contribution in [3.8, 4) is 6.07 Å². The van der Waals surface area contributed by atoms with Crippen LogP contribution in [0, 0.1) is 17.2 Å². The fourth-order valence-corrected chi connectivity index (χ4v) is 1.90. The van der Waals surface area contributed by atoms with E-state index in [9.17, 15) is 9.59 Å². The number of ketones is 1. The average molecular weight is 339 g/mol. The number of carbonyl (C=O) groups is 2. The SMILES string of the molecule is COC[C@H](C)NC(=O)[C@H](C#N)C(=O)c1ccc(Br)cc1. The summed E-state index contributed by atoms with van der Waals surface area (Å²) >= 11 is 3.26. The van der Waals surface area contributed by atoms with Gasteiger partial charge < -0.3 is 10.1 Å². The molecule has 0 radical (unpaired) electrons. The predicted octanol–water partition coefficient (Wildman–Crippen LogP) is 1.92. The average Bonchev–Trinajstić information content (AvgIpc) is 2.40. The molecule has 106 valence electrons. The molecule has 0 heterocycles. The summed E-state index contributed by atoms with van der Waals surface area (Å²) in [7, 11) is 1.51. The molecule has 0 aliphatic carbocycles. The Morgan fingerprint density at radius 3 is 2.50 bits per heavy atom. The number of nitriles is 1. The Morgan fingerprint density at radius 2 is 2.00 bits per heavy atom. The third kappa shape index (κ3) is 4.44. The lowest BCUT2D eigenvalue weighted by Crippen LogP contribution is -2.41. The van der Waals surface area contributed by atoms with Crippen LogP contribution in [0.5, 0.6) is 0 Å². The van der Waals surface area contributed by atoms with Crippen molar-refractivity contribution < 1.29 is 14.3 Å². The van der Waals surface area contributed by atoms with Gasteiger partial charge >= 0.3 is 0 Å². The number of carbonyl (C=O) groups excluding carboxylic acids is 2. The van der Waals surface area contributed by atoms with Gasteiger partial charge in [-0.1, -0.05) is 28.1 Å². The molecule has 2 atom stereocenters. The second kappa shape index (κ2) is 7.78. The minimum absolute atomic E-state index is 0.263. The molecule has 5 nitrogen and oxygen atoms in total. The number of ether oxygens (including phenoxy) is 1. The lowest BCUT2D eigenvalue weighted by atomic mass is 9.98. The van der Waals surface area contributed by atoms with Crippen LogP contribution in [0.1, 0.15) is 17.3 Å². The Morgan fingerprint density at radius 1 is 1.40 bits per heavy atom. The molecule has 0 saturated heterocycles. The van der Waals surface area contributed by atoms with Crippen LogP contribution in [0.3, 0.4) is 0 Å². The third-order valence-corrected chi connectivity index (χ3v) is 3.12. The molecule has 6 heteroatoms. The standard InChI is InChI=1S/C14H15BrN2O3/c1-9(8-20-2)17-14(19)12(7-16)13(18)10-3-5-11(15)6-4-10/h3-6,9,12H,8H2,1-2H3,(H,17,19)/t9-,12+/m0/s1. The summed E-state index contributed by atoms with van der Waals surface area (Å²) in [4.78, 5) is 24.1. The molecule has 0 aliphatic heterocycles. The summed E-state index contributed by atoms with van der Waals surface area (Å²) in [6, 6.07) is 8.00. The lowest BCUT2D eigenvalue weighted by molar-refractivity contribution is -0.123. The number of methoxy groups -OCH3 is 1. The van der Waals surface area contributed by atoms with Gasteiger partial charge in [-0.15, -0.1) is 0 Å². The molecule has 0 aromatic heterocycles. The Bertz CT molecular complexity index is 522. The zero-order chi connectivity index (χ0) is 15.1. The Balaban J connectivity index is 2.80. The first-order valence-electron chi connectivity index (χ1n) is 5.98. The summed E-state index contributed by atoms with van der Waals surface area (Å²) in [5.41, 5.74) is 0.328. The number of Topliss-reactive ketones (excluding diaryl/α,β-unsaturated/α-hetero) is 1. The van der Waals surface area contributed by atoms with Crippen molar-refractivity contribution in [1.82, 2.24) is 5.32 Å². The zero-order valence-corrected chi connectivity index (χ0v) is 12.8. The van der Waals surface area contributed by atoms with Gasteiger partial charge in [0.1, 0.15) is 0 Å². The van der Waals surface area contributed by atoms with Crippen LogP contribution < -0.4 is 5.32 Å². The molecule has 1 aromatic rings. The number of hydrogen-bond acceptors (Lipinski definition) is 4. The van der Waals surface area contributed by atoms with Crippen LogP contribution in [0.25, 0.3) is 0 Å². The topological polar surface area (TPSA) is 79.2 Å². The Hall–Kier alpha value is -1.71. The molecular formula is C14H15BrN2O3. The maximum atomic E-state index is 12.1. The fraction of sp³-hybridized carbons (Fsp3) is 0.357. The number of nitrogens with one attached hydrogen (secondary N) is 1. The van der Waals surface area contributed by atoms with Crippen molar-refractivity contribution in [1.29, 1.82) is 5.26 Å². The van der Waals surface area contributed by atoms with Gasteiger partial charge in [-0.2, -0.15) is 5.26 Å².